The molecule has 1 aromatic heterocycles. The fourth-order valence-electron chi connectivity index (χ4n) is 1.53. The second-order valence-electron chi connectivity index (χ2n) is 3.00. The highest BCUT2D eigenvalue weighted by atomic mass is 35.5. The molecule has 0 spiro atoms. The first kappa shape index (κ1) is 7.74. The normalized spacial score (nSPS) is 15.9. The summed E-state index contributed by atoms with van der Waals surface area (Å²) in [7, 11) is 0. The molecule has 1 heterocycles. The van der Waals surface area contributed by atoms with Gasteiger partial charge in [-0.25, -0.2) is 4.98 Å². The molecule has 1 aliphatic rings. The average molecular weight is 181 g/mol. The quantitative estimate of drug-likeness (QED) is 0.612. The van der Waals surface area contributed by atoms with Crippen molar-refractivity contribution in [2.24, 2.45) is 0 Å². The predicted octanol–water partition coefficient (Wildman–Crippen LogP) is 2.44. The third-order valence-electron chi connectivity index (χ3n) is 2.15. The minimum Gasteiger partial charge on any atom is -0.305 e. The summed E-state index contributed by atoms with van der Waals surface area (Å²) in [6.07, 6.45) is 4.75. The van der Waals surface area contributed by atoms with Crippen molar-refractivity contribution in [1.82, 2.24) is 4.98 Å². The fourth-order valence-corrected chi connectivity index (χ4v) is 1.69. The van der Waals surface area contributed by atoms with E-state index in [1.54, 1.807) is 12.3 Å². The molecule has 0 saturated heterocycles. The lowest BCUT2D eigenvalue weighted by molar-refractivity contribution is 0.829. The smallest absolute Gasteiger partial charge is 0.129 e. The first-order valence-electron chi connectivity index (χ1n) is 3.99. The van der Waals surface area contributed by atoms with Crippen LogP contribution in [0.2, 0.25) is 5.15 Å². The lowest BCUT2D eigenvalue weighted by atomic mass is 9.92. The van der Waals surface area contributed by atoms with Gasteiger partial charge < -0.3 is 5.41 Å². The number of aryl methyl sites for hydroxylation is 1. The highest BCUT2D eigenvalue weighted by molar-refractivity contribution is 6.29. The van der Waals surface area contributed by atoms with Gasteiger partial charge >= 0.3 is 0 Å². The molecule has 0 fully saturated rings. The monoisotopic (exact) mass is 180 g/mol. The van der Waals surface area contributed by atoms with E-state index >= 15 is 0 Å². The van der Waals surface area contributed by atoms with Crippen molar-refractivity contribution in [3.8, 4) is 0 Å². The number of fused-ring (bicyclic) bond motifs is 1. The lowest BCUT2D eigenvalue weighted by Gasteiger charge is -2.15. The third-order valence-corrected chi connectivity index (χ3v) is 2.36. The Kier molecular flexibility index (Phi) is 1.85. The van der Waals surface area contributed by atoms with Crippen LogP contribution in [0.5, 0.6) is 0 Å². The highest BCUT2D eigenvalue weighted by Gasteiger charge is 2.14. The highest BCUT2D eigenvalue weighted by Crippen LogP contribution is 2.22. The Hall–Kier alpha value is -0.890. The van der Waals surface area contributed by atoms with Crippen LogP contribution in [0, 0.1) is 5.41 Å². The zero-order valence-corrected chi connectivity index (χ0v) is 7.36. The Morgan fingerprint density at radius 1 is 1.42 bits per heavy atom. The van der Waals surface area contributed by atoms with Crippen molar-refractivity contribution in [1.29, 1.82) is 5.41 Å². The molecule has 1 aliphatic carbocycles. The van der Waals surface area contributed by atoms with Gasteiger partial charge in [0.2, 0.25) is 0 Å². The molecule has 0 saturated carbocycles. The van der Waals surface area contributed by atoms with Gasteiger partial charge in [0.25, 0.3) is 0 Å². The van der Waals surface area contributed by atoms with E-state index in [1.165, 1.54) is 0 Å². The number of rotatable bonds is 0. The van der Waals surface area contributed by atoms with Gasteiger partial charge in [-0.2, -0.15) is 0 Å². The van der Waals surface area contributed by atoms with E-state index in [0.29, 0.717) is 10.9 Å². The predicted molar refractivity (Wildman–Crippen MR) is 49.0 cm³/mol. The van der Waals surface area contributed by atoms with Crippen molar-refractivity contribution >= 4 is 17.3 Å². The molecule has 12 heavy (non-hydrogen) atoms. The Bertz CT molecular complexity index is 333. The number of halogens is 1. The summed E-state index contributed by atoms with van der Waals surface area (Å²) < 4.78 is 0. The summed E-state index contributed by atoms with van der Waals surface area (Å²) >= 11 is 5.73. The minimum atomic E-state index is 0.486. The van der Waals surface area contributed by atoms with E-state index in [1.807, 2.05) is 0 Å². The van der Waals surface area contributed by atoms with E-state index in [2.05, 4.69) is 4.98 Å². The minimum absolute atomic E-state index is 0.486. The van der Waals surface area contributed by atoms with E-state index in [9.17, 15) is 0 Å². The topological polar surface area (TPSA) is 36.7 Å². The van der Waals surface area contributed by atoms with Gasteiger partial charge in [-0.3, -0.25) is 0 Å². The van der Waals surface area contributed by atoms with Gasteiger partial charge in [-0.15, -0.1) is 0 Å². The zero-order chi connectivity index (χ0) is 8.55. The molecule has 0 radical (unpaired) electrons. The van der Waals surface area contributed by atoms with Crippen LogP contribution in [-0.4, -0.2) is 10.7 Å². The largest absolute Gasteiger partial charge is 0.305 e. The molecule has 1 N–H and O–H groups in total. The van der Waals surface area contributed by atoms with Crippen molar-refractivity contribution < 1.29 is 0 Å². The number of aromatic nitrogens is 1. The second-order valence-corrected chi connectivity index (χ2v) is 3.38. The molecule has 0 aliphatic heterocycles. The van der Waals surface area contributed by atoms with Gasteiger partial charge in [0.1, 0.15) is 5.15 Å². The summed E-state index contributed by atoms with van der Waals surface area (Å²) in [5, 5.41) is 8.17. The van der Waals surface area contributed by atoms with E-state index in [4.69, 9.17) is 17.0 Å². The Labute approximate surface area is 76.1 Å². The molecule has 62 valence electrons. The van der Waals surface area contributed by atoms with Crippen LogP contribution in [0.25, 0.3) is 0 Å². The van der Waals surface area contributed by atoms with Crippen LogP contribution in [0.4, 0.5) is 0 Å². The van der Waals surface area contributed by atoms with Crippen molar-refractivity contribution in [2.75, 3.05) is 0 Å². The van der Waals surface area contributed by atoms with E-state index < -0.39 is 0 Å². The zero-order valence-electron chi connectivity index (χ0n) is 6.60. The molecule has 0 bridgehead atoms. The fraction of sp³-hybridized carbons (Fsp3) is 0.333. The van der Waals surface area contributed by atoms with Crippen molar-refractivity contribution in [2.45, 2.75) is 19.3 Å². The van der Waals surface area contributed by atoms with E-state index in [-0.39, 0.29) is 0 Å². The lowest BCUT2D eigenvalue weighted by Crippen LogP contribution is -2.10. The molecule has 2 rings (SSSR count). The number of pyridine rings is 1. The number of nitrogens with one attached hydrogen (secondary N) is 1. The molecule has 0 atom stereocenters. The van der Waals surface area contributed by atoms with Crippen LogP contribution < -0.4 is 0 Å². The van der Waals surface area contributed by atoms with Crippen molar-refractivity contribution in [3.05, 3.63) is 28.5 Å². The Morgan fingerprint density at radius 3 is 3.08 bits per heavy atom. The van der Waals surface area contributed by atoms with Gasteiger partial charge in [-0.05, 0) is 30.9 Å². The first-order valence-corrected chi connectivity index (χ1v) is 4.37. The average Bonchev–Trinajstić information content (AvgIpc) is 2.07. The maximum atomic E-state index is 7.68. The van der Waals surface area contributed by atoms with Crippen LogP contribution in [0.15, 0.2) is 12.3 Å². The maximum absolute atomic E-state index is 7.68. The molecule has 1 aromatic rings. The summed E-state index contributed by atoms with van der Waals surface area (Å²) in [6.45, 7) is 0. The molecule has 2 nitrogen and oxygen atoms in total. The van der Waals surface area contributed by atoms with Crippen LogP contribution >= 0.6 is 11.6 Å². The summed E-state index contributed by atoms with van der Waals surface area (Å²) in [5.74, 6) is 0. The van der Waals surface area contributed by atoms with Gasteiger partial charge in [0.15, 0.2) is 0 Å². The van der Waals surface area contributed by atoms with Crippen molar-refractivity contribution in [3.63, 3.8) is 0 Å². The molecule has 0 amide bonds. The second kappa shape index (κ2) is 2.87. The summed E-state index contributed by atoms with van der Waals surface area (Å²) in [5.41, 5.74) is 2.84. The third kappa shape index (κ3) is 1.23. The number of hydrogen-bond acceptors (Lipinski definition) is 2. The summed E-state index contributed by atoms with van der Waals surface area (Å²) in [4.78, 5) is 4.00. The van der Waals surface area contributed by atoms with Gasteiger partial charge in [0.05, 0.1) is 0 Å². The van der Waals surface area contributed by atoms with Crippen LogP contribution in [0.1, 0.15) is 24.0 Å². The van der Waals surface area contributed by atoms with Gasteiger partial charge in [-0.1, -0.05) is 11.6 Å². The Balaban J connectivity index is 2.54. The molecular weight excluding hydrogens is 172 g/mol. The number of nitrogens with zero attached hydrogens (tertiary/aromatic N) is 1. The first-order chi connectivity index (χ1) is 5.77. The maximum Gasteiger partial charge on any atom is 0.129 e. The summed E-state index contributed by atoms with van der Waals surface area (Å²) in [6, 6.07) is 1.79. The molecule has 0 unspecified atom stereocenters. The van der Waals surface area contributed by atoms with Crippen LogP contribution in [-0.2, 0) is 6.42 Å². The molecular formula is C9H9ClN2. The molecule has 3 heteroatoms. The number of hydrogen-bond donors (Lipinski definition) is 1. The molecule has 0 aromatic carbocycles. The standard InChI is InChI=1S/C9H9ClN2/c10-9-4-7-6(5-12-9)2-1-3-8(7)11/h4-5,11H,1-3H2. The van der Waals surface area contributed by atoms with E-state index in [0.717, 1.165) is 30.4 Å². The van der Waals surface area contributed by atoms with Gasteiger partial charge in [0, 0.05) is 17.5 Å². The SMILES string of the molecule is N=C1CCCc2cnc(Cl)cc21. The Morgan fingerprint density at radius 2 is 2.25 bits per heavy atom. The van der Waals surface area contributed by atoms with Crippen LogP contribution in [0.3, 0.4) is 0 Å².